The molecule has 4 unspecified atom stereocenters. The van der Waals surface area contributed by atoms with E-state index in [0.717, 1.165) is 41.7 Å². The maximum absolute atomic E-state index is 14.7. The minimum atomic E-state index is -3.43. The number of nitrogens with zero attached hydrogens (tertiary/aromatic N) is 2. The van der Waals surface area contributed by atoms with Gasteiger partial charge in [-0.2, -0.15) is 0 Å². The average molecular weight is 641 g/mol. The minimum Gasteiger partial charge on any atom is -0.341 e. The van der Waals surface area contributed by atoms with E-state index in [0.29, 0.717) is 27.9 Å². The third-order valence-electron chi connectivity index (χ3n) is 8.55. The zero-order valence-corrected chi connectivity index (χ0v) is 25.7. The number of carbonyl (C=O) groups is 1. The predicted molar refractivity (Wildman–Crippen MR) is 173 cm³/mol. The number of hydrogen-bond donors (Lipinski definition) is 6. The maximum Gasteiger partial charge on any atom is 0.255 e. The number of H-pyrrole nitrogens is 1. The highest BCUT2D eigenvalue weighted by Crippen LogP contribution is 2.39. The van der Waals surface area contributed by atoms with Crippen LogP contribution in [0.15, 0.2) is 85.2 Å². The van der Waals surface area contributed by atoms with E-state index < -0.39 is 15.8 Å². The fourth-order valence-corrected chi connectivity index (χ4v) is 6.79. The Morgan fingerprint density at radius 1 is 1.02 bits per heavy atom. The molecule has 4 atom stereocenters. The largest absolute Gasteiger partial charge is 0.341 e. The Morgan fingerprint density at radius 3 is 2.70 bits per heavy atom. The number of sulfonamides is 1. The fraction of sp³-hybridized carbons (Fsp3) is 0.242. The van der Waals surface area contributed by atoms with Crippen molar-refractivity contribution in [2.24, 2.45) is 5.92 Å². The number of benzene rings is 3. The number of halogens is 1. The first-order valence-electron chi connectivity index (χ1n) is 15.0. The molecule has 5 aromatic rings. The zero-order chi connectivity index (χ0) is 31.8. The van der Waals surface area contributed by atoms with Crippen LogP contribution in [0.5, 0.6) is 0 Å². The lowest BCUT2D eigenvalue weighted by Gasteiger charge is -2.34. The van der Waals surface area contributed by atoms with Gasteiger partial charge in [0.15, 0.2) is 0 Å². The van der Waals surface area contributed by atoms with Crippen LogP contribution in [0, 0.1) is 11.7 Å². The standard InChI is InChI=1S/C33H33FN8O3S/c1-46(44,45)37-15-19-10-21(12-23(34)11-19)25-8-5-9-27-30(25)40-32(39-27)31-26-14-28(36-18-29(26)41-42-31)22-13-24(17-35-16-22)38-33(43)20-6-3-2-4-7-20/h2-13,16-17,26,28-29,31,36-37,41-42H,14-15,18H2,1H3,(H,38,43)(H,39,40). The Labute approximate surface area is 265 Å². The second-order valence-corrected chi connectivity index (χ2v) is 13.7. The first-order valence-corrected chi connectivity index (χ1v) is 16.9. The number of piperidine rings is 1. The van der Waals surface area contributed by atoms with Crippen LogP contribution in [0.25, 0.3) is 22.2 Å². The van der Waals surface area contributed by atoms with Gasteiger partial charge in [-0.25, -0.2) is 27.9 Å². The number of imidazole rings is 1. The molecule has 46 heavy (non-hydrogen) atoms. The Balaban J connectivity index is 1.12. The molecule has 11 nitrogen and oxygen atoms in total. The first-order chi connectivity index (χ1) is 22.2. The number of pyridine rings is 1. The van der Waals surface area contributed by atoms with Crippen LogP contribution in [0.4, 0.5) is 10.1 Å². The van der Waals surface area contributed by atoms with E-state index in [1.807, 2.05) is 48.7 Å². The van der Waals surface area contributed by atoms with Crippen molar-refractivity contribution in [3.8, 4) is 11.1 Å². The molecule has 0 spiro atoms. The highest BCUT2D eigenvalue weighted by molar-refractivity contribution is 7.88. The molecular formula is C33H33FN8O3S. The van der Waals surface area contributed by atoms with Gasteiger partial charge in [0.2, 0.25) is 10.0 Å². The van der Waals surface area contributed by atoms with Gasteiger partial charge in [0.25, 0.3) is 5.91 Å². The Kier molecular flexibility index (Phi) is 8.09. The molecule has 4 heterocycles. The van der Waals surface area contributed by atoms with Crippen LogP contribution < -0.4 is 26.2 Å². The smallest absolute Gasteiger partial charge is 0.255 e. The molecule has 0 radical (unpaired) electrons. The number of anilines is 1. The van der Waals surface area contributed by atoms with Gasteiger partial charge in [-0.15, -0.1) is 0 Å². The molecule has 0 aliphatic carbocycles. The number of amides is 1. The highest BCUT2D eigenvalue weighted by Gasteiger charge is 2.42. The summed E-state index contributed by atoms with van der Waals surface area (Å²) in [6.45, 7) is 0.706. The van der Waals surface area contributed by atoms with E-state index in [2.05, 4.69) is 36.2 Å². The number of aromatic nitrogens is 3. The number of para-hydroxylation sites is 1. The normalized spacial score (nSPS) is 21.3. The number of hydrazine groups is 1. The van der Waals surface area contributed by atoms with Gasteiger partial charge in [-0.3, -0.25) is 15.2 Å². The topological polar surface area (TPSA) is 153 Å². The summed E-state index contributed by atoms with van der Waals surface area (Å²) in [7, 11) is -3.43. The van der Waals surface area contributed by atoms with Crippen LogP contribution in [0.3, 0.4) is 0 Å². The summed E-state index contributed by atoms with van der Waals surface area (Å²) < 4.78 is 40.3. The summed E-state index contributed by atoms with van der Waals surface area (Å²) in [5.74, 6) is 0.296. The fourth-order valence-electron chi connectivity index (χ4n) is 6.36. The van der Waals surface area contributed by atoms with Crippen molar-refractivity contribution < 1.29 is 17.6 Å². The molecule has 0 saturated carbocycles. The van der Waals surface area contributed by atoms with Crippen molar-refractivity contribution in [3.63, 3.8) is 0 Å². The van der Waals surface area contributed by atoms with Crippen molar-refractivity contribution in [1.29, 1.82) is 0 Å². The van der Waals surface area contributed by atoms with Gasteiger partial charge in [-0.05, 0) is 65.6 Å². The first kappa shape index (κ1) is 30.1. The van der Waals surface area contributed by atoms with E-state index >= 15 is 0 Å². The molecule has 3 aromatic carbocycles. The molecule has 2 saturated heterocycles. The van der Waals surface area contributed by atoms with Gasteiger partial charge in [0, 0.05) is 48.4 Å². The molecule has 2 fully saturated rings. The van der Waals surface area contributed by atoms with Crippen LogP contribution >= 0.6 is 0 Å². The second-order valence-electron chi connectivity index (χ2n) is 11.8. The Morgan fingerprint density at radius 2 is 1.87 bits per heavy atom. The molecule has 0 bridgehead atoms. The average Bonchev–Trinajstić information content (AvgIpc) is 3.68. The quantitative estimate of drug-likeness (QED) is 0.149. The summed E-state index contributed by atoms with van der Waals surface area (Å²) in [5, 5.41) is 6.56. The predicted octanol–water partition coefficient (Wildman–Crippen LogP) is 3.93. The monoisotopic (exact) mass is 640 g/mol. The molecule has 13 heteroatoms. The van der Waals surface area contributed by atoms with E-state index in [9.17, 15) is 17.6 Å². The molecular weight excluding hydrogens is 607 g/mol. The molecule has 2 aliphatic rings. The molecule has 6 N–H and O–H groups in total. The third-order valence-corrected chi connectivity index (χ3v) is 9.22. The van der Waals surface area contributed by atoms with E-state index in [-0.39, 0.29) is 36.5 Å². The highest BCUT2D eigenvalue weighted by atomic mass is 32.2. The summed E-state index contributed by atoms with van der Waals surface area (Å²) in [6, 6.07) is 21.3. The molecule has 2 aromatic heterocycles. The van der Waals surface area contributed by atoms with Gasteiger partial charge >= 0.3 is 0 Å². The van der Waals surface area contributed by atoms with Crippen molar-refractivity contribution in [2.45, 2.75) is 31.1 Å². The summed E-state index contributed by atoms with van der Waals surface area (Å²) in [6.07, 6.45) is 5.33. The van der Waals surface area contributed by atoms with Crippen molar-refractivity contribution in [3.05, 3.63) is 114 Å². The number of rotatable bonds is 8. The van der Waals surface area contributed by atoms with Gasteiger partial charge in [0.1, 0.15) is 11.6 Å². The molecule has 1 amide bonds. The van der Waals surface area contributed by atoms with Crippen LogP contribution in [-0.2, 0) is 16.6 Å². The van der Waals surface area contributed by atoms with Gasteiger partial charge in [0.05, 0.1) is 35.2 Å². The van der Waals surface area contributed by atoms with Crippen LogP contribution in [-0.4, -0.2) is 48.1 Å². The molecule has 236 valence electrons. The number of hydrogen-bond acceptors (Lipinski definition) is 8. The lowest BCUT2D eigenvalue weighted by atomic mass is 9.82. The summed E-state index contributed by atoms with van der Waals surface area (Å²) in [4.78, 5) is 25.6. The molecule has 7 rings (SSSR count). The van der Waals surface area contributed by atoms with E-state index in [1.165, 1.54) is 12.1 Å². The molecule has 2 aliphatic heterocycles. The Bertz CT molecular complexity index is 2020. The SMILES string of the molecule is CS(=O)(=O)NCc1cc(F)cc(-c2cccc3[nH]c(C4NNC5CNC(c6cncc(NC(=O)c7ccccc7)c6)CC54)nc23)c1. The third kappa shape index (κ3) is 6.41. The Hall–Kier alpha value is -4.53. The maximum atomic E-state index is 14.7. The number of fused-ring (bicyclic) bond motifs is 2. The lowest BCUT2D eigenvalue weighted by molar-refractivity contribution is 0.102. The van der Waals surface area contributed by atoms with E-state index in [1.54, 1.807) is 24.4 Å². The van der Waals surface area contributed by atoms with Crippen molar-refractivity contribution >= 4 is 32.7 Å². The van der Waals surface area contributed by atoms with Crippen molar-refractivity contribution in [2.75, 3.05) is 18.1 Å². The summed E-state index contributed by atoms with van der Waals surface area (Å²) in [5.41, 5.74) is 12.4. The van der Waals surface area contributed by atoms with E-state index in [4.69, 9.17) is 4.98 Å². The number of aromatic amines is 1. The van der Waals surface area contributed by atoms with Crippen molar-refractivity contribution in [1.82, 2.24) is 35.8 Å². The number of carbonyl (C=O) groups excluding carboxylic acids is 1. The van der Waals surface area contributed by atoms with Crippen LogP contribution in [0.2, 0.25) is 0 Å². The van der Waals surface area contributed by atoms with Crippen LogP contribution in [0.1, 0.15) is 45.8 Å². The summed E-state index contributed by atoms with van der Waals surface area (Å²) >= 11 is 0. The number of nitrogens with one attached hydrogen (secondary N) is 6. The zero-order valence-electron chi connectivity index (χ0n) is 24.9. The lowest BCUT2D eigenvalue weighted by Crippen LogP contribution is -2.46. The van der Waals surface area contributed by atoms with Gasteiger partial charge in [-0.1, -0.05) is 30.3 Å². The van der Waals surface area contributed by atoms with Gasteiger partial charge < -0.3 is 15.6 Å². The second kappa shape index (κ2) is 12.3. The minimum absolute atomic E-state index is 0.0118.